The first-order valence-electron chi connectivity index (χ1n) is 6.60. The second-order valence-electron chi connectivity index (χ2n) is 5.13. The number of aliphatic hydroxyl groups is 1. The molecule has 3 heterocycles. The minimum Gasteiger partial charge on any atom is -0.390 e. The van der Waals surface area contributed by atoms with Crippen molar-refractivity contribution in [1.29, 1.82) is 0 Å². The number of aromatic amines is 1. The van der Waals surface area contributed by atoms with Crippen molar-refractivity contribution >= 4 is 17.1 Å². The maximum Gasteiger partial charge on any atom is 0.289 e. The van der Waals surface area contributed by atoms with Gasteiger partial charge in [-0.05, 0) is 19.2 Å². The van der Waals surface area contributed by atoms with Crippen LogP contribution in [0.4, 0.5) is 0 Å². The Bertz CT molecular complexity index is 593. The summed E-state index contributed by atoms with van der Waals surface area (Å²) in [4.78, 5) is 27.4. The van der Waals surface area contributed by atoms with Crippen LogP contribution in [-0.4, -0.2) is 75.1 Å². The van der Waals surface area contributed by atoms with Crippen molar-refractivity contribution in [1.82, 2.24) is 24.8 Å². The van der Waals surface area contributed by atoms with Gasteiger partial charge in [0.25, 0.3) is 5.91 Å². The first kappa shape index (κ1) is 13.0. The number of nitrogens with one attached hydrogen (secondary N) is 1. The first-order valence-corrected chi connectivity index (χ1v) is 6.60. The van der Waals surface area contributed by atoms with E-state index in [2.05, 4.69) is 15.0 Å². The van der Waals surface area contributed by atoms with Crippen molar-refractivity contribution in [3.63, 3.8) is 0 Å². The molecule has 1 unspecified atom stereocenters. The van der Waals surface area contributed by atoms with Crippen molar-refractivity contribution in [3.8, 4) is 0 Å². The molecule has 1 atom stereocenters. The van der Waals surface area contributed by atoms with E-state index in [0.29, 0.717) is 25.3 Å². The molecule has 2 aromatic rings. The molecule has 0 aromatic carbocycles. The van der Waals surface area contributed by atoms with Crippen molar-refractivity contribution in [2.24, 2.45) is 0 Å². The van der Waals surface area contributed by atoms with E-state index in [0.717, 1.165) is 12.1 Å². The van der Waals surface area contributed by atoms with E-state index in [1.807, 2.05) is 18.0 Å². The molecule has 0 bridgehead atoms. The van der Waals surface area contributed by atoms with Gasteiger partial charge in [0.1, 0.15) is 0 Å². The molecule has 7 heteroatoms. The van der Waals surface area contributed by atoms with Gasteiger partial charge in [-0.15, -0.1) is 0 Å². The molecule has 20 heavy (non-hydrogen) atoms. The fraction of sp³-hybridized carbons (Fsp3) is 0.462. The molecule has 7 nitrogen and oxygen atoms in total. The van der Waals surface area contributed by atoms with Crippen LogP contribution in [0.15, 0.2) is 18.3 Å². The van der Waals surface area contributed by atoms with Gasteiger partial charge in [0.2, 0.25) is 0 Å². The van der Waals surface area contributed by atoms with Gasteiger partial charge in [-0.2, -0.15) is 0 Å². The number of pyridine rings is 1. The van der Waals surface area contributed by atoms with Gasteiger partial charge >= 0.3 is 0 Å². The van der Waals surface area contributed by atoms with E-state index < -0.39 is 6.10 Å². The van der Waals surface area contributed by atoms with E-state index >= 15 is 0 Å². The van der Waals surface area contributed by atoms with Gasteiger partial charge in [-0.1, -0.05) is 0 Å². The first-order chi connectivity index (χ1) is 9.63. The second-order valence-corrected chi connectivity index (χ2v) is 5.13. The minimum absolute atomic E-state index is 0.197. The number of H-pyrrole nitrogens is 1. The average molecular weight is 275 g/mol. The zero-order valence-electron chi connectivity index (χ0n) is 11.3. The number of nitrogens with zero attached hydrogens (tertiary/aromatic N) is 4. The quantitative estimate of drug-likeness (QED) is 0.747. The minimum atomic E-state index is -0.533. The Hall–Kier alpha value is -1.99. The molecule has 0 aliphatic carbocycles. The van der Waals surface area contributed by atoms with Crippen molar-refractivity contribution in [3.05, 3.63) is 24.2 Å². The van der Waals surface area contributed by atoms with E-state index in [4.69, 9.17) is 0 Å². The van der Waals surface area contributed by atoms with E-state index in [9.17, 15) is 9.90 Å². The van der Waals surface area contributed by atoms with Gasteiger partial charge < -0.3 is 19.9 Å². The number of fused-ring (bicyclic) bond motifs is 1. The van der Waals surface area contributed by atoms with Crippen LogP contribution in [0, 0.1) is 0 Å². The average Bonchev–Trinajstić information content (AvgIpc) is 2.78. The maximum absolute atomic E-state index is 12.4. The molecule has 0 radical (unpaired) electrons. The van der Waals surface area contributed by atoms with Crippen LogP contribution in [0.25, 0.3) is 11.2 Å². The van der Waals surface area contributed by atoms with Gasteiger partial charge in [0.05, 0.1) is 11.6 Å². The van der Waals surface area contributed by atoms with Crippen LogP contribution in [0.2, 0.25) is 0 Å². The van der Waals surface area contributed by atoms with Crippen molar-refractivity contribution < 1.29 is 9.90 Å². The molecule has 2 N–H and O–H groups in total. The molecule has 0 saturated carbocycles. The van der Waals surface area contributed by atoms with E-state index in [1.54, 1.807) is 17.2 Å². The summed E-state index contributed by atoms with van der Waals surface area (Å²) in [6, 6.07) is 3.62. The number of rotatable bonds is 1. The number of amides is 1. The predicted octanol–water partition coefficient (Wildman–Crippen LogP) is -0.294. The number of β-amino-alcohol motifs (C(OH)–C–C–N with tert-alkyl or cyclic N) is 1. The Morgan fingerprint density at radius 1 is 1.45 bits per heavy atom. The molecule has 1 fully saturated rings. The highest BCUT2D eigenvalue weighted by Crippen LogP contribution is 2.11. The van der Waals surface area contributed by atoms with Crippen LogP contribution < -0.4 is 0 Å². The van der Waals surface area contributed by atoms with Crippen LogP contribution in [0.1, 0.15) is 10.6 Å². The highest BCUT2D eigenvalue weighted by atomic mass is 16.3. The lowest BCUT2D eigenvalue weighted by molar-refractivity contribution is 0.0656. The molecule has 106 valence electrons. The number of hydrogen-bond acceptors (Lipinski definition) is 5. The molecular weight excluding hydrogens is 258 g/mol. The predicted molar refractivity (Wildman–Crippen MR) is 73.3 cm³/mol. The topological polar surface area (TPSA) is 85.4 Å². The van der Waals surface area contributed by atoms with E-state index in [1.165, 1.54) is 0 Å². The van der Waals surface area contributed by atoms with Gasteiger partial charge in [-0.25, -0.2) is 9.97 Å². The van der Waals surface area contributed by atoms with Gasteiger partial charge in [-0.3, -0.25) is 4.79 Å². The summed E-state index contributed by atoms with van der Waals surface area (Å²) < 4.78 is 0. The van der Waals surface area contributed by atoms with Gasteiger partial charge in [0.15, 0.2) is 11.5 Å². The summed E-state index contributed by atoms with van der Waals surface area (Å²) in [6.45, 7) is 2.22. The molecule has 1 aliphatic heterocycles. The number of likely N-dealkylation sites (N-methyl/N-ethyl adjacent to an activating group) is 1. The fourth-order valence-electron chi connectivity index (χ4n) is 2.43. The Morgan fingerprint density at radius 3 is 3.10 bits per heavy atom. The Labute approximate surface area is 116 Å². The zero-order chi connectivity index (χ0) is 14.1. The number of aromatic nitrogens is 3. The Kier molecular flexibility index (Phi) is 3.37. The van der Waals surface area contributed by atoms with Crippen LogP contribution in [0.3, 0.4) is 0 Å². The Balaban J connectivity index is 1.84. The molecule has 0 spiro atoms. The zero-order valence-corrected chi connectivity index (χ0v) is 11.3. The third-order valence-corrected chi connectivity index (χ3v) is 3.45. The summed E-state index contributed by atoms with van der Waals surface area (Å²) in [5.41, 5.74) is 1.27. The normalized spacial score (nSPS) is 21.1. The number of carbonyl (C=O) groups excluding carboxylic acids is 1. The van der Waals surface area contributed by atoms with E-state index in [-0.39, 0.29) is 11.7 Å². The highest BCUT2D eigenvalue weighted by Gasteiger charge is 2.25. The monoisotopic (exact) mass is 275 g/mol. The number of hydrogen-bond donors (Lipinski definition) is 2. The summed E-state index contributed by atoms with van der Waals surface area (Å²) in [6.07, 6.45) is 1.11. The lowest BCUT2D eigenvalue weighted by Crippen LogP contribution is -2.38. The van der Waals surface area contributed by atoms with Gasteiger partial charge in [0, 0.05) is 32.4 Å². The number of imidazole rings is 1. The highest BCUT2D eigenvalue weighted by molar-refractivity contribution is 5.93. The molecule has 2 aromatic heterocycles. The van der Waals surface area contributed by atoms with Crippen LogP contribution >= 0.6 is 0 Å². The fourth-order valence-corrected chi connectivity index (χ4v) is 2.43. The summed E-state index contributed by atoms with van der Waals surface area (Å²) >= 11 is 0. The summed E-state index contributed by atoms with van der Waals surface area (Å²) in [5.74, 6) is 0.0767. The number of carbonyl (C=O) groups is 1. The standard InChI is InChI=1S/C13H17N5O2/c1-17-5-6-18(8-9(19)7-17)13(20)12-15-10-3-2-4-14-11(10)16-12/h2-4,9,19H,5-8H2,1H3,(H,14,15,16). The van der Waals surface area contributed by atoms with Crippen molar-refractivity contribution in [2.45, 2.75) is 6.10 Å². The third kappa shape index (κ3) is 2.50. The number of aliphatic hydroxyl groups excluding tert-OH is 1. The van der Waals surface area contributed by atoms with Crippen LogP contribution in [-0.2, 0) is 0 Å². The summed E-state index contributed by atoms with van der Waals surface area (Å²) in [5, 5.41) is 9.89. The molecule has 3 rings (SSSR count). The lowest BCUT2D eigenvalue weighted by atomic mass is 10.3. The summed E-state index contributed by atoms with van der Waals surface area (Å²) in [7, 11) is 1.93. The van der Waals surface area contributed by atoms with Crippen molar-refractivity contribution in [2.75, 3.05) is 33.2 Å². The largest absolute Gasteiger partial charge is 0.390 e. The van der Waals surface area contributed by atoms with Crippen LogP contribution in [0.5, 0.6) is 0 Å². The molecule has 1 amide bonds. The third-order valence-electron chi connectivity index (χ3n) is 3.45. The smallest absolute Gasteiger partial charge is 0.289 e. The molecular formula is C13H17N5O2. The molecule has 1 saturated heterocycles. The second kappa shape index (κ2) is 5.18. The SMILES string of the molecule is CN1CCN(C(=O)c2nc3ncccc3[nH]2)CC(O)C1. The molecule has 1 aliphatic rings. The lowest BCUT2D eigenvalue weighted by Gasteiger charge is -2.20. The maximum atomic E-state index is 12.4. The Morgan fingerprint density at radius 2 is 2.30 bits per heavy atom.